The van der Waals surface area contributed by atoms with Gasteiger partial charge in [0, 0.05) is 11.5 Å². The molecule has 0 aromatic carbocycles. The maximum absolute atomic E-state index is 10.5. The average Bonchev–Trinajstić information content (AvgIpc) is 2.81. The number of aryl methyl sites for hydroxylation is 1. The standard InChI is InChI=1S/C9H7Br2N3O2S2/c1-14-9(17-3-6(15)16)12-8(13-14)5-2-4(10)7(11)18-5/h2H,3H2,1H3,(H,15,16). The van der Waals surface area contributed by atoms with Crippen LogP contribution in [0.2, 0.25) is 0 Å². The summed E-state index contributed by atoms with van der Waals surface area (Å²) in [5, 5.41) is 13.5. The summed E-state index contributed by atoms with van der Waals surface area (Å²) in [6.45, 7) is 0. The zero-order valence-corrected chi connectivity index (χ0v) is 13.9. The largest absolute Gasteiger partial charge is 0.481 e. The monoisotopic (exact) mass is 411 g/mol. The molecule has 0 bridgehead atoms. The summed E-state index contributed by atoms with van der Waals surface area (Å²) in [6.07, 6.45) is 0. The Kier molecular flexibility index (Phi) is 4.46. The molecule has 5 nitrogen and oxygen atoms in total. The summed E-state index contributed by atoms with van der Waals surface area (Å²) in [7, 11) is 1.75. The lowest BCUT2D eigenvalue weighted by atomic mass is 10.4. The third kappa shape index (κ3) is 3.14. The van der Waals surface area contributed by atoms with E-state index in [0.717, 1.165) is 24.9 Å². The van der Waals surface area contributed by atoms with E-state index in [1.807, 2.05) is 6.07 Å². The van der Waals surface area contributed by atoms with Crippen molar-refractivity contribution in [2.45, 2.75) is 5.16 Å². The number of carboxylic acid groups (broad SMARTS) is 1. The van der Waals surface area contributed by atoms with Crippen molar-refractivity contribution in [3.05, 3.63) is 14.3 Å². The van der Waals surface area contributed by atoms with Crippen LogP contribution in [0.25, 0.3) is 10.7 Å². The molecule has 9 heteroatoms. The Morgan fingerprint density at radius 1 is 1.61 bits per heavy atom. The van der Waals surface area contributed by atoms with Crippen LogP contribution >= 0.6 is 55.0 Å². The first-order valence-electron chi connectivity index (χ1n) is 4.68. The van der Waals surface area contributed by atoms with Gasteiger partial charge in [-0.3, -0.25) is 4.79 Å². The van der Waals surface area contributed by atoms with Gasteiger partial charge in [-0.25, -0.2) is 9.67 Å². The highest BCUT2D eigenvalue weighted by atomic mass is 79.9. The lowest BCUT2D eigenvalue weighted by Crippen LogP contribution is -2.00. The molecule has 0 spiro atoms. The highest BCUT2D eigenvalue weighted by Crippen LogP contribution is 2.37. The van der Waals surface area contributed by atoms with Gasteiger partial charge in [-0.15, -0.1) is 16.4 Å². The summed E-state index contributed by atoms with van der Waals surface area (Å²) < 4.78 is 3.52. The van der Waals surface area contributed by atoms with Gasteiger partial charge in [-0.2, -0.15) is 0 Å². The third-order valence-corrected chi connectivity index (χ3v) is 6.17. The Morgan fingerprint density at radius 3 is 2.89 bits per heavy atom. The van der Waals surface area contributed by atoms with Crippen molar-refractivity contribution < 1.29 is 9.90 Å². The Hall–Kier alpha value is -0.380. The number of carboxylic acids is 1. The molecule has 2 aromatic rings. The van der Waals surface area contributed by atoms with Crippen LogP contribution in [-0.2, 0) is 11.8 Å². The van der Waals surface area contributed by atoms with Gasteiger partial charge in [0.2, 0.25) is 0 Å². The van der Waals surface area contributed by atoms with Crippen molar-refractivity contribution in [1.29, 1.82) is 0 Å². The van der Waals surface area contributed by atoms with Crippen LogP contribution in [0.3, 0.4) is 0 Å². The van der Waals surface area contributed by atoms with Crippen LogP contribution in [0.5, 0.6) is 0 Å². The van der Waals surface area contributed by atoms with E-state index in [0.29, 0.717) is 11.0 Å². The lowest BCUT2D eigenvalue weighted by Gasteiger charge is -1.94. The first-order chi connectivity index (χ1) is 8.47. The predicted molar refractivity (Wildman–Crippen MR) is 78.1 cm³/mol. The summed E-state index contributed by atoms with van der Waals surface area (Å²) in [4.78, 5) is 15.8. The molecule has 1 N–H and O–H groups in total. The minimum atomic E-state index is -0.869. The van der Waals surface area contributed by atoms with Crippen LogP contribution in [0.4, 0.5) is 0 Å². The number of nitrogens with zero attached hydrogens (tertiary/aromatic N) is 3. The van der Waals surface area contributed by atoms with Crippen LogP contribution in [0.15, 0.2) is 19.5 Å². The summed E-state index contributed by atoms with van der Waals surface area (Å²) in [5.41, 5.74) is 0. The highest BCUT2D eigenvalue weighted by Gasteiger charge is 2.14. The fourth-order valence-corrected chi connectivity index (χ4v) is 3.78. The fraction of sp³-hybridized carbons (Fsp3) is 0.222. The number of aliphatic carboxylic acids is 1. The molecule has 96 valence electrons. The Labute approximate surface area is 128 Å². The lowest BCUT2D eigenvalue weighted by molar-refractivity contribution is -0.133. The predicted octanol–water partition coefficient (Wildman–Crippen LogP) is 3.25. The Morgan fingerprint density at radius 2 is 2.33 bits per heavy atom. The molecule has 2 aromatic heterocycles. The van der Waals surface area contributed by atoms with Gasteiger partial charge in [0.25, 0.3) is 0 Å². The zero-order valence-electron chi connectivity index (χ0n) is 9.05. The van der Waals surface area contributed by atoms with Crippen molar-refractivity contribution in [1.82, 2.24) is 14.8 Å². The van der Waals surface area contributed by atoms with E-state index in [2.05, 4.69) is 41.9 Å². The average molecular weight is 413 g/mol. The van der Waals surface area contributed by atoms with Crippen molar-refractivity contribution in [2.75, 3.05) is 5.75 Å². The first-order valence-corrected chi connectivity index (χ1v) is 8.07. The molecule has 0 amide bonds. The van der Waals surface area contributed by atoms with Crippen molar-refractivity contribution >= 4 is 60.9 Å². The summed E-state index contributed by atoms with van der Waals surface area (Å²) in [5.74, 6) is -0.294. The van der Waals surface area contributed by atoms with E-state index < -0.39 is 5.97 Å². The van der Waals surface area contributed by atoms with Crippen molar-refractivity contribution in [3.8, 4) is 10.7 Å². The number of thioether (sulfide) groups is 1. The SMILES string of the molecule is Cn1nc(-c2cc(Br)c(Br)s2)nc1SCC(=O)O. The first kappa shape index (κ1) is 14.0. The van der Waals surface area contributed by atoms with E-state index >= 15 is 0 Å². The molecule has 0 radical (unpaired) electrons. The molecule has 0 atom stereocenters. The van der Waals surface area contributed by atoms with Crippen LogP contribution < -0.4 is 0 Å². The third-order valence-electron chi connectivity index (χ3n) is 1.91. The van der Waals surface area contributed by atoms with Gasteiger partial charge in [-0.1, -0.05) is 11.8 Å². The van der Waals surface area contributed by atoms with Crippen molar-refractivity contribution in [2.24, 2.45) is 7.05 Å². The number of hydrogen-bond acceptors (Lipinski definition) is 5. The van der Waals surface area contributed by atoms with Gasteiger partial charge in [0.1, 0.15) is 0 Å². The molecule has 0 unspecified atom stereocenters. The number of aromatic nitrogens is 3. The second-order valence-corrected chi connectivity index (χ2v) is 7.42. The second kappa shape index (κ2) is 5.72. The van der Waals surface area contributed by atoms with E-state index in [9.17, 15) is 4.79 Å². The molecule has 18 heavy (non-hydrogen) atoms. The summed E-state index contributed by atoms with van der Waals surface area (Å²) >= 11 is 9.49. The smallest absolute Gasteiger partial charge is 0.313 e. The van der Waals surface area contributed by atoms with Crippen LogP contribution in [-0.4, -0.2) is 31.6 Å². The van der Waals surface area contributed by atoms with Gasteiger partial charge < -0.3 is 5.11 Å². The van der Waals surface area contributed by atoms with E-state index in [1.165, 1.54) is 11.3 Å². The maximum atomic E-state index is 10.5. The fourth-order valence-electron chi connectivity index (χ4n) is 1.18. The van der Waals surface area contributed by atoms with Gasteiger partial charge in [-0.05, 0) is 37.9 Å². The summed E-state index contributed by atoms with van der Waals surface area (Å²) in [6, 6.07) is 1.93. The zero-order chi connectivity index (χ0) is 13.3. The molecule has 2 heterocycles. The van der Waals surface area contributed by atoms with E-state index in [1.54, 1.807) is 11.7 Å². The van der Waals surface area contributed by atoms with Gasteiger partial charge in [0.05, 0.1) is 14.4 Å². The quantitative estimate of drug-likeness (QED) is 0.780. The molecule has 0 aliphatic rings. The molecule has 0 saturated carbocycles. The Balaban J connectivity index is 2.25. The molecule has 0 fully saturated rings. The Bertz CT molecular complexity index is 577. The molecular formula is C9H7Br2N3O2S2. The molecule has 2 rings (SSSR count). The second-order valence-electron chi connectivity index (χ2n) is 3.26. The highest BCUT2D eigenvalue weighted by molar-refractivity contribution is 9.13. The molecule has 0 aliphatic carbocycles. The molecular weight excluding hydrogens is 406 g/mol. The normalized spacial score (nSPS) is 10.8. The van der Waals surface area contributed by atoms with E-state index in [-0.39, 0.29) is 5.75 Å². The topological polar surface area (TPSA) is 68.0 Å². The molecule has 0 aliphatic heterocycles. The van der Waals surface area contributed by atoms with E-state index in [4.69, 9.17) is 5.11 Å². The van der Waals surface area contributed by atoms with Crippen molar-refractivity contribution in [3.63, 3.8) is 0 Å². The van der Waals surface area contributed by atoms with Gasteiger partial charge >= 0.3 is 5.97 Å². The van der Waals surface area contributed by atoms with Crippen LogP contribution in [0, 0.1) is 0 Å². The van der Waals surface area contributed by atoms with Gasteiger partial charge in [0.15, 0.2) is 11.0 Å². The number of thiophene rings is 1. The molecule has 0 saturated heterocycles. The number of halogens is 2. The number of carbonyl (C=O) groups is 1. The number of rotatable bonds is 4. The van der Waals surface area contributed by atoms with Crippen LogP contribution in [0.1, 0.15) is 0 Å². The number of hydrogen-bond donors (Lipinski definition) is 1. The minimum absolute atomic E-state index is 0.0240. The maximum Gasteiger partial charge on any atom is 0.313 e. The minimum Gasteiger partial charge on any atom is -0.481 e.